The van der Waals surface area contributed by atoms with Crippen molar-refractivity contribution >= 4 is 0 Å². The van der Waals surface area contributed by atoms with Crippen molar-refractivity contribution in [1.29, 1.82) is 0 Å². The Bertz CT molecular complexity index is 540. The minimum Gasteiger partial charge on any atom is -0.466 e. The molecule has 3 rings (SSSR count). The molecule has 5 nitrogen and oxygen atoms in total. The van der Waals surface area contributed by atoms with Crippen molar-refractivity contribution in [2.75, 3.05) is 0 Å². The molecule has 2 N–H and O–H groups in total. The summed E-state index contributed by atoms with van der Waals surface area (Å²) in [6.07, 6.45) is 2.32. The molecule has 1 unspecified atom stereocenters. The molecule has 0 bridgehead atoms. The minimum atomic E-state index is -0.0965. The van der Waals surface area contributed by atoms with E-state index in [2.05, 4.69) is 10.1 Å². The molecule has 17 heavy (non-hydrogen) atoms. The van der Waals surface area contributed by atoms with E-state index >= 15 is 0 Å². The Morgan fingerprint density at radius 3 is 2.76 bits per heavy atom. The molecule has 0 amide bonds. The van der Waals surface area contributed by atoms with Crippen molar-refractivity contribution < 1.29 is 8.94 Å². The first-order valence-corrected chi connectivity index (χ1v) is 5.81. The molecule has 1 aliphatic rings. The Hall–Kier alpha value is -1.62. The Morgan fingerprint density at radius 2 is 2.18 bits per heavy atom. The number of rotatable bonds is 3. The van der Waals surface area contributed by atoms with Crippen LogP contribution in [0.2, 0.25) is 0 Å². The fourth-order valence-corrected chi connectivity index (χ4v) is 1.99. The van der Waals surface area contributed by atoms with Crippen molar-refractivity contribution in [3.63, 3.8) is 0 Å². The highest BCUT2D eigenvalue weighted by molar-refractivity contribution is 5.56. The number of nitrogens with zero attached hydrogens (tertiary/aromatic N) is 2. The van der Waals surface area contributed by atoms with Crippen LogP contribution in [0, 0.1) is 19.8 Å². The standard InChI is InChI=1S/C12H15N3O2/c1-6-5-9(7(2)16-6)12-14-11(15-17-12)10(13)8-3-4-8/h5,8,10H,3-4,13H2,1-2H3. The summed E-state index contributed by atoms with van der Waals surface area (Å²) in [5.41, 5.74) is 6.88. The van der Waals surface area contributed by atoms with Crippen LogP contribution in [0.15, 0.2) is 15.0 Å². The zero-order valence-corrected chi connectivity index (χ0v) is 9.93. The summed E-state index contributed by atoms with van der Waals surface area (Å²) in [6, 6.07) is 1.80. The molecule has 1 saturated carbocycles. The van der Waals surface area contributed by atoms with Gasteiger partial charge in [-0.15, -0.1) is 0 Å². The van der Waals surface area contributed by atoms with E-state index in [1.54, 1.807) is 0 Å². The first kappa shape index (κ1) is 10.5. The van der Waals surface area contributed by atoms with E-state index in [-0.39, 0.29) is 6.04 Å². The van der Waals surface area contributed by atoms with Gasteiger partial charge in [-0.25, -0.2) is 0 Å². The molecule has 0 radical (unpaired) electrons. The Morgan fingerprint density at radius 1 is 1.41 bits per heavy atom. The summed E-state index contributed by atoms with van der Waals surface area (Å²) in [5, 5.41) is 3.95. The van der Waals surface area contributed by atoms with Gasteiger partial charge in [-0.05, 0) is 38.7 Å². The molecule has 0 spiro atoms. The molecule has 2 aromatic rings. The Labute approximate surface area is 99.0 Å². The van der Waals surface area contributed by atoms with Crippen molar-refractivity contribution in [3.8, 4) is 11.5 Å². The SMILES string of the molecule is Cc1cc(-c2nc(C(N)C3CC3)no2)c(C)o1. The fraction of sp³-hybridized carbons (Fsp3) is 0.500. The average Bonchev–Trinajstić information content (AvgIpc) is 2.93. The lowest BCUT2D eigenvalue weighted by atomic mass is 10.2. The highest BCUT2D eigenvalue weighted by Crippen LogP contribution is 2.39. The van der Waals surface area contributed by atoms with Gasteiger partial charge in [-0.3, -0.25) is 0 Å². The van der Waals surface area contributed by atoms with Gasteiger partial charge in [0.25, 0.3) is 5.89 Å². The van der Waals surface area contributed by atoms with Crippen LogP contribution in [0.4, 0.5) is 0 Å². The lowest BCUT2D eigenvalue weighted by Gasteiger charge is -2.01. The van der Waals surface area contributed by atoms with Gasteiger partial charge in [0.1, 0.15) is 11.5 Å². The third-order valence-electron chi connectivity index (χ3n) is 3.14. The van der Waals surface area contributed by atoms with E-state index in [4.69, 9.17) is 14.7 Å². The van der Waals surface area contributed by atoms with E-state index in [9.17, 15) is 0 Å². The van der Waals surface area contributed by atoms with E-state index < -0.39 is 0 Å². The van der Waals surface area contributed by atoms with Crippen LogP contribution in [-0.2, 0) is 0 Å². The van der Waals surface area contributed by atoms with Crippen LogP contribution in [0.1, 0.15) is 36.2 Å². The van der Waals surface area contributed by atoms with E-state index in [0.717, 1.165) is 29.9 Å². The maximum absolute atomic E-state index is 6.03. The van der Waals surface area contributed by atoms with Crippen LogP contribution in [0.3, 0.4) is 0 Å². The van der Waals surface area contributed by atoms with Gasteiger partial charge in [-0.1, -0.05) is 5.16 Å². The highest BCUT2D eigenvalue weighted by atomic mass is 16.5. The maximum Gasteiger partial charge on any atom is 0.261 e. The third kappa shape index (κ3) is 1.86. The summed E-state index contributed by atoms with van der Waals surface area (Å²) in [4.78, 5) is 4.35. The first-order chi connectivity index (χ1) is 8.15. The lowest BCUT2D eigenvalue weighted by molar-refractivity contribution is 0.410. The fourth-order valence-electron chi connectivity index (χ4n) is 1.99. The van der Waals surface area contributed by atoms with Crippen molar-refractivity contribution in [1.82, 2.24) is 10.1 Å². The maximum atomic E-state index is 6.03. The third-order valence-corrected chi connectivity index (χ3v) is 3.14. The topological polar surface area (TPSA) is 78.1 Å². The van der Waals surface area contributed by atoms with Gasteiger partial charge in [0, 0.05) is 0 Å². The number of aromatic nitrogens is 2. The number of hydrogen-bond acceptors (Lipinski definition) is 5. The summed E-state index contributed by atoms with van der Waals surface area (Å²) in [6.45, 7) is 3.77. The average molecular weight is 233 g/mol. The van der Waals surface area contributed by atoms with Crippen LogP contribution in [-0.4, -0.2) is 10.1 Å². The molecular weight excluding hydrogens is 218 g/mol. The zero-order valence-electron chi connectivity index (χ0n) is 9.93. The Balaban J connectivity index is 1.91. The molecule has 1 fully saturated rings. The second kappa shape index (κ2) is 3.70. The molecule has 0 saturated heterocycles. The minimum absolute atomic E-state index is 0.0965. The molecule has 2 heterocycles. The molecule has 1 atom stereocenters. The molecule has 0 aromatic carbocycles. The van der Waals surface area contributed by atoms with Crippen molar-refractivity contribution in [2.45, 2.75) is 32.7 Å². The predicted octanol–water partition coefficient (Wildman–Crippen LogP) is 2.36. The number of nitrogens with two attached hydrogens (primary N) is 1. The predicted molar refractivity (Wildman–Crippen MR) is 61.1 cm³/mol. The van der Waals surface area contributed by atoms with Gasteiger partial charge in [0.2, 0.25) is 0 Å². The summed E-state index contributed by atoms with van der Waals surface area (Å²) >= 11 is 0. The first-order valence-electron chi connectivity index (χ1n) is 5.81. The van der Waals surface area contributed by atoms with Crippen LogP contribution in [0.25, 0.3) is 11.5 Å². The summed E-state index contributed by atoms with van der Waals surface area (Å²) < 4.78 is 10.7. The molecule has 0 aliphatic heterocycles. The van der Waals surface area contributed by atoms with Gasteiger partial charge < -0.3 is 14.7 Å². The van der Waals surface area contributed by atoms with Gasteiger partial charge in [0.15, 0.2) is 5.82 Å². The molecule has 5 heteroatoms. The van der Waals surface area contributed by atoms with Gasteiger partial charge in [0.05, 0.1) is 11.6 Å². The second-order valence-electron chi connectivity index (χ2n) is 4.65. The van der Waals surface area contributed by atoms with Crippen LogP contribution in [0.5, 0.6) is 0 Å². The quantitative estimate of drug-likeness (QED) is 0.880. The molecule has 2 aromatic heterocycles. The smallest absolute Gasteiger partial charge is 0.261 e. The monoisotopic (exact) mass is 233 g/mol. The van der Waals surface area contributed by atoms with Crippen LogP contribution < -0.4 is 5.73 Å². The highest BCUT2D eigenvalue weighted by Gasteiger charge is 2.32. The van der Waals surface area contributed by atoms with E-state index in [0.29, 0.717) is 17.6 Å². The van der Waals surface area contributed by atoms with Crippen molar-refractivity contribution in [2.24, 2.45) is 11.7 Å². The summed E-state index contributed by atoms with van der Waals surface area (Å²) in [7, 11) is 0. The summed E-state index contributed by atoms with van der Waals surface area (Å²) in [5.74, 6) is 3.24. The number of aryl methyl sites for hydroxylation is 2. The largest absolute Gasteiger partial charge is 0.466 e. The second-order valence-corrected chi connectivity index (χ2v) is 4.65. The number of furan rings is 1. The van der Waals surface area contributed by atoms with Crippen LogP contribution >= 0.6 is 0 Å². The zero-order chi connectivity index (χ0) is 12.0. The normalized spacial score (nSPS) is 17.4. The molecule has 90 valence electrons. The lowest BCUT2D eigenvalue weighted by Crippen LogP contribution is -2.13. The van der Waals surface area contributed by atoms with Crippen molar-refractivity contribution in [3.05, 3.63) is 23.4 Å². The van der Waals surface area contributed by atoms with E-state index in [1.807, 2.05) is 19.9 Å². The Kier molecular flexibility index (Phi) is 2.29. The molecular formula is C12H15N3O2. The van der Waals surface area contributed by atoms with Gasteiger partial charge >= 0.3 is 0 Å². The van der Waals surface area contributed by atoms with Gasteiger partial charge in [-0.2, -0.15) is 4.98 Å². The molecule has 1 aliphatic carbocycles. The van der Waals surface area contributed by atoms with E-state index in [1.165, 1.54) is 0 Å². The number of hydrogen-bond donors (Lipinski definition) is 1.